The molecule has 1 amide bonds. The highest BCUT2D eigenvalue weighted by molar-refractivity contribution is 7.17. The predicted octanol–water partition coefficient (Wildman–Crippen LogP) is 3.17. The molecule has 27 heavy (non-hydrogen) atoms. The summed E-state index contributed by atoms with van der Waals surface area (Å²) in [4.78, 5) is 40.3. The first-order chi connectivity index (χ1) is 13.0. The van der Waals surface area contributed by atoms with Crippen molar-refractivity contribution in [1.82, 2.24) is 4.98 Å². The molecule has 0 saturated carbocycles. The maximum atomic E-state index is 12.4. The van der Waals surface area contributed by atoms with E-state index in [1.165, 1.54) is 11.3 Å². The maximum Gasteiger partial charge on any atom is 0.355 e. The molecule has 1 aliphatic rings. The van der Waals surface area contributed by atoms with Crippen LogP contribution >= 0.6 is 11.3 Å². The first-order valence-electron chi connectivity index (χ1n) is 8.91. The topological polar surface area (TPSA) is 97.5 Å². The fourth-order valence-electron chi connectivity index (χ4n) is 3.09. The zero-order valence-electron chi connectivity index (χ0n) is 15.3. The molecule has 0 aromatic carbocycles. The van der Waals surface area contributed by atoms with E-state index in [4.69, 9.17) is 9.47 Å². The second-order valence-electron chi connectivity index (χ2n) is 6.48. The average molecular weight is 390 g/mol. The van der Waals surface area contributed by atoms with E-state index < -0.39 is 24.5 Å². The molecule has 144 valence electrons. The highest BCUT2D eigenvalue weighted by Gasteiger charge is 2.29. The van der Waals surface area contributed by atoms with Crippen LogP contribution in [0.15, 0.2) is 18.3 Å². The highest BCUT2D eigenvalue weighted by Crippen LogP contribution is 2.40. The van der Waals surface area contributed by atoms with Gasteiger partial charge in [-0.1, -0.05) is 6.92 Å². The third kappa shape index (κ3) is 4.39. The van der Waals surface area contributed by atoms with Gasteiger partial charge in [-0.25, -0.2) is 9.59 Å². The lowest BCUT2D eigenvalue weighted by atomic mass is 9.88. The number of hydrogen-bond acceptors (Lipinski definition) is 6. The monoisotopic (exact) mass is 390 g/mol. The van der Waals surface area contributed by atoms with Gasteiger partial charge in [-0.15, -0.1) is 11.3 Å². The first-order valence-corrected chi connectivity index (χ1v) is 9.73. The number of rotatable bonds is 6. The maximum absolute atomic E-state index is 12.4. The molecule has 2 aromatic rings. The molecule has 0 spiro atoms. The Labute approximate surface area is 161 Å². The second kappa shape index (κ2) is 8.39. The number of carbonyl (C=O) groups is 3. The molecule has 0 radical (unpaired) electrons. The number of amides is 1. The van der Waals surface area contributed by atoms with Crippen LogP contribution in [0.3, 0.4) is 0 Å². The van der Waals surface area contributed by atoms with Gasteiger partial charge in [0.2, 0.25) is 0 Å². The van der Waals surface area contributed by atoms with Crippen LogP contribution in [0, 0.1) is 5.92 Å². The van der Waals surface area contributed by atoms with Crippen LogP contribution in [0.2, 0.25) is 0 Å². The fraction of sp³-hybridized carbons (Fsp3) is 0.421. The molecule has 0 unspecified atom stereocenters. The highest BCUT2D eigenvalue weighted by atomic mass is 32.1. The summed E-state index contributed by atoms with van der Waals surface area (Å²) < 4.78 is 10.2. The lowest BCUT2D eigenvalue weighted by Crippen LogP contribution is -2.22. The van der Waals surface area contributed by atoms with Crippen molar-refractivity contribution >= 4 is 34.2 Å². The number of H-pyrrole nitrogens is 1. The molecule has 2 aromatic heterocycles. The minimum atomic E-state index is -0.611. The summed E-state index contributed by atoms with van der Waals surface area (Å²) in [5.74, 6) is -0.994. The van der Waals surface area contributed by atoms with Gasteiger partial charge in [0.05, 0.1) is 12.2 Å². The third-order valence-electron chi connectivity index (χ3n) is 4.40. The molecule has 3 rings (SSSR count). The van der Waals surface area contributed by atoms with Crippen molar-refractivity contribution in [2.45, 2.75) is 33.1 Å². The Hall–Kier alpha value is -2.61. The van der Waals surface area contributed by atoms with Gasteiger partial charge in [0.25, 0.3) is 5.91 Å². The molecule has 0 saturated heterocycles. The van der Waals surface area contributed by atoms with Crippen molar-refractivity contribution < 1.29 is 23.9 Å². The van der Waals surface area contributed by atoms with Gasteiger partial charge in [-0.3, -0.25) is 4.79 Å². The number of hydrogen-bond donors (Lipinski definition) is 2. The molecule has 1 aliphatic carbocycles. The summed E-state index contributed by atoms with van der Waals surface area (Å²) in [6, 6.07) is 3.23. The Bertz CT molecular complexity index is 841. The minimum Gasteiger partial charge on any atom is -0.462 e. The molecule has 2 heterocycles. The number of aromatic amines is 1. The lowest BCUT2D eigenvalue weighted by molar-refractivity contribution is -0.119. The van der Waals surface area contributed by atoms with Crippen molar-refractivity contribution in [2.24, 2.45) is 5.92 Å². The van der Waals surface area contributed by atoms with Crippen LogP contribution in [-0.4, -0.2) is 36.0 Å². The Kier molecular flexibility index (Phi) is 5.95. The average Bonchev–Trinajstić information content (AvgIpc) is 3.27. The normalized spacial score (nSPS) is 15.7. The zero-order chi connectivity index (χ0) is 19.4. The van der Waals surface area contributed by atoms with E-state index >= 15 is 0 Å². The summed E-state index contributed by atoms with van der Waals surface area (Å²) in [6.07, 6.45) is 4.26. The number of ether oxygens (including phenoxy) is 2. The van der Waals surface area contributed by atoms with E-state index in [9.17, 15) is 14.4 Å². The Morgan fingerprint density at radius 3 is 2.81 bits per heavy atom. The number of thiophene rings is 1. The van der Waals surface area contributed by atoms with Crippen LogP contribution < -0.4 is 5.32 Å². The molecule has 8 heteroatoms. The molecular formula is C19H22N2O5S. The van der Waals surface area contributed by atoms with Gasteiger partial charge in [-0.2, -0.15) is 0 Å². The number of fused-ring (bicyclic) bond motifs is 1. The quantitative estimate of drug-likeness (QED) is 0.739. The van der Waals surface area contributed by atoms with Gasteiger partial charge in [0, 0.05) is 11.1 Å². The molecule has 0 fully saturated rings. The SMILES string of the molecule is CCOC(=O)c1c(NC(=O)COC(=O)c2ccc[nH]2)sc2c1CC[C@@H](C)C2. The van der Waals surface area contributed by atoms with Gasteiger partial charge >= 0.3 is 11.9 Å². The molecule has 0 bridgehead atoms. The smallest absolute Gasteiger partial charge is 0.355 e. The Balaban J connectivity index is 1.72. The summed E-state index contributed by atoms with van der Waals surface area (Å²) in [5, 5.41) is 3.18. The van der Waals surface area contributed by atoms with Crippen LogP contribution in [-0.2, 0) is 27.1 Å². The fourth-order valence-corrected chi connectivity index (χ4v) is 4.50. The van der Waals surface area contributed by atoms with Gasteiger partial charge in [-0.05, 0) is 49.8 Å². The third-order valence-corrected chi connectivity index (χ3v) is 5.57. The molecular weight excluding hydrogens is 368 g/mol. The Morgan fingerprint density at radius 2 is 2.11 bits per heavy atom. The van der Waals surface area contributed by atoms with Crippen LogP contribution in [0.4, 0.5) is 5.00 Å². The van der Waals surface area contributed by atoms with Gasteiger partial charge < -0.3 is 19.8 Å². The predicted molar refractivity (Wildman–Crippen MR) is 101 cm³/mol. The van der Waals surface area contributed by atoms with E-state index in [0.717, 1.165) is 29.7 Å². The van der Waals surface area contributed by atoms with Crippen molar-refractivity contribution in [3.8, 4) is 0 Å². The summed E-state index contributed by atoms with van der Waals surface area (Å²) in [7, 11) is 0. The number of nitrogens with one attached hydrogen (secondary N) is 2. The first kappa shape index (κ1) is 19.2. The number of aromatic nitrogens is 1. The van der Waals surface area contributed by atoms with E-state index in [-0.39, 0.29) is 12.3 Å². The van der Waals surface area contributed by atoms with Crippen LogP contribution in [0.1, 0.15) is 51.6 Å². The van der Waals surface area contributed by atoms with E-state index in [0.29, 0.717) is 16.5 Å². The van der Waals surface area contributed by atoms with E-state index in [1.807, 2.05) is 0 Å². The molecule has 1 atom stereocenters. The van der Waals surface area contributed by atoms with Crippen molar-refractivity contribution in [3.63, 3.8) is 0 Å². The Morgan fingerprint density at radius 1 is 1.30 bits per heavy atom. The standard InChI is InChI=1S/C19H22N2O5S/c1-3-25-19(24)16-12-7-6-11(2)9-14(12)27-17(16)21-15(22)10-26-18(23)13-5-4-8-20-13/h4-5,8,11,20H,3,6-7,9-10H2,1-2H3,(H,21,22)/t11-/m1/s1. The molecule has 2 N–H and O–H groups in total. The summed E-state index contributed by atoms with van der Waals surface area (Å²) >= 11 is 1.40. The van der Waals surface area contributed by atoms with Crippen molar-refractivity contribution in [3.05, 3.63) is 40.0 Å². The number of esters is 2. The number of anilines is 1. The van der Waals surface area contributed by atoms with Crippen LogP contribution in [0.25, 0.3) is 0 Å². The molecule has 0 aliphatic heterocycles. The molecule has 7 nitrogen and oxygen atoms in total. The summed E-state index contributed by atoms with van der Waals surface area (Å²) in [6.45, 7) is 3.75. The van der Waals surface area contributed by atoms with Crippen molar-refractivity contribution in [2.75, 3.05) is 18.5 Å². The largest absolute Gasteiger partial charge is 0.462 e. The van der Waals surface area contributed by atoms with Gasteiger partial charge in [0.15, 0.2) is 6.61 Å². The summed E-state index contributed by atoms with van der Waals surface area (Å²) in [5.41, 5.74) is 1.68. The zero-order valence-corrected chi connectivity index (χ0v) is 16.1. The second-order valence-corrected chi connectivity index (χ2v) is 7.59. The minimum absolute atomic E-state index is 0.265. The van der Waals surface area contributed by atoms with E-state index in [2.05, 4.69) is 17.2 Å². The van der Waals surface area contributed by atoms with Gasteiger partial charge in [0.1, 0.15) is 10.7 Å². The lowest BCUT2D eigenvalue weighted by Gasteiger charge is -2.18. The van der Waals surface area contributed by atoms with E-state index in [1.54, 1.807) is 25.3 Å². The van der Waals surface area contributed by atoms with Crippen LogP contribution in [0.5, 0.6) is 0 Å². The number of carbonyl (C=O) groups excluding carboxylic acids is 3. The van der Waals surface area contributed by atoms with Crippen molar-refractivity contribution in [1.29, 1.82) is 0 Å².